The summed E-state index contributed by atoms with van der Waals surface area (Å²) in [7, 11) is -2.72. The first-order valence-corrected chi connectivity index (χ1v) is 15.6. The zero-order chi connectivity index (χ0) is 30.0. The number of ether oxygens (including phenoxy) is 1. The van der Waals surface area contributed by atoms with Crippen LogP contribution in [0.2, 0.25) is 10.0 Å². The highest BCUT2D eigenvalue weighted by atomic mass is 35.5. The average molecular weight is 621 g/mol. The van der Waals surface area contributed by atoms with Crippen molar-refractivity contribution >= 4 is 50.7 Å². The predicted molar refractivity (Wildman–Crippen MR) is 163 cm³/mol. The van der Waals surface area contributed by atoms with Crippen LogP contribution in [0.1, 0.15) is 38.7 Å². The second-order valence-electron chi connectivity index (χ2n) is 9.32. The van der Waals surface area contributed by atoms with Gasteiger partial charge in [-0.25, -0.2) is 8.42 Å². The number of anilines is 1. The first-order valence-electron chi connectivity index (χ1n) is 13.4. The lowest BCUT2D eigenvalue weighted by Gasteiger charge is -2.33. The van der Waals surface area contributed by atoms with Crippen molar-refractivity contribution in [2.45, 2.75) is 50.6 Å². The molecule has 0 saturated heterocycles. The van der Waals surface area contributed by atoms with Gasteiger partial charge in [-0.1, -0.05) is 73.8 Å². The van der Waals surface area contributed by atoms with Crippen molar-refractivity contribution < 1.29 is 22.7 Å². The van der Waals surface area contributed by atoms with Crippen LogP contribution in [0.3, 0.4) is 0 Å². The van der Waals surface area contributed by atoms with E-state index in [1.807, 2.05) is 6.92 Å². The summed E-state index contributed by atoms with van der Waals surface area (Å²) in [5.74, 6) is -0.512. The van der Waals surface area contributed by atoms with Gasteiger partial charge < -0.3 is 15.0 Å². The average Bonchev–Trinajstić information content (AvgIpc) is 2.97. The van der Waals surface area contributed by atoms with Crippen molar-refractivity contribution in [3.8, 4) is 5.75 Å². The van der Waals surface area contributed by atoms with Crippen LogP contribution < -0.4 is 14.4 Å². The Labute approximate surface area is 252 Å². The van der Waals surface area contributed by atoms with E-state index in [1.54, 1.807) is 61.5 Å². The molecular weight excluding hydrogens is 585 g/mol. The molecule has 0 aliphatic heterocycles. The largest absolute Gasteiger partial charge is 0.497 e. The summed E-state index contributed by atoms with van der Waals surface area (Å²) < 4.78 is 34.1. The topological polar surface area (TPSA) is 96.0 Å². The van der Waals surface area contributed by atoms with E-state index in [0.717, 1.165) is 17.1 Å². The molecule has 3 aromatic rings. The van der Waals surface area contributed by atoms with E-state index in [2.05, 4.69) is 5.32 Å². The number of nitrogens with zero attached hydrogens (tertiary/aromatic N) is 2. The van der Waals surface area contributed by atoms with E-state index < -0.39 is 28.5 Å². The minimum atomic E-state index is -4.19. The highest BCUT2D eigenvalue weighted by Gasteiger charge is 2.34. The molecule has 0 fully saturated rings. The maximum Gasteiger partial charge on any atom is 0.264 e. The zero-order valence-corrected chi connectivity index (χ0v) is 25.7. The van der Waals surface area contributed by atoms with Gasteiger partial charge in [0.1, 0.15) is 18.3 Å². The number of nitrogens with one attached hydrogen (secondary N) is 1. The lowest BCUT2D eigenvalue weighted by atomic mass is 10.1. The standard InChI is InChI=1S/C30H35Cl2N3O5S/c1-4-6-18-33-30(37)28(5-2)34(20-25-26(31)16-11-17-27(25)32)29(36)21-35(22-12-10-13-23(19-22)40-3)41(38,39)24-14-8-7-9-15-24/h7-17,19,28H,4-6,18,20-21H2,1-3H3,(H,33,37)/t28-/m0/s1. The van der Waals surface area contributed by atoms with Crippen LogP contribution in [-0.4, -0.2) is 51.4 Å². The first-order chi connectivity index (χ1) is 19.6. The molecule has 0 radical (unpaired) electrons. The summed E-state index contributed by atoms with van der Waals surface area (Å²) in [6, 6.07) is 18.4. The normalized spacial score (nSPS) is 11.9. The molecule has 0 unspecified atom stereocenters. The van der Waals surface area contributed by atoms with Crippen molar-refractivity contribution in [3.05, 3.63) is 88.4 Å². The molecule has 0 aliphatic rings. The number of halogens is 2. The van der Waals surface area contributed by atoms with Gasteiger partial charge in [0.2, 0.25) is 11.8 Å². The Morgan fingerprint density at radius 3 is 2.22 bits per heavy atom. The summed E-state index contributed by atoms with van der Waals surface area (Å²) in [5, 5.41) is 3.56. The molecule has 3 rings (SSSR count). The number of hydrogen-bond donors (Lipinski definition) is 1. The van der Waals surface area contributed by atoms with Crippen LogP contribution in [0.5, 0.6) is 5.75 Å². The molecule has 0 aliphatic carbocycles. The Morgan fingerprint density at radius 1 is 0.951 bits per heavy atom. The molecule has 0 heterocycles. The molecule has 3 aromatic carbocycles. The van der Waals surface area contributed by atoms with Gasteiger partial charge in [0.05, 0.1) is 17.7 Å². The van der Waals surface area contributed by atoms with Crippen LogP contribution in [0.4, 0.5) is 5.69 Å². The van der Waals surface area contributed by atoms with Gasteiger partial charge in [-0.15, -0.1) is 0 Å². The maximum atomic E-state index is 14.1. The fraction of sp³-hybridized carbons (Fsp3) is 0.333. The van der Waals surface area contributed by atoms with Gasteiger partial charge in [0.15, 0.2) is 0 Å². The lowest BCUT2D eigenvalue weighted by molar-refractivity contribution is -0.140. The van der Waals surface area contributed by atoms with Gasteiger partial charge in [-0.3, -0.25) is 13.9 Å². The second kappa shape index (κ2) is 15.1. The number of unbranched alkanes of at least 4 members (excludes halogenated alkanes) is 1. The van der Waals surface area contributed by atoms with Crippen molar-refractivity contribution in [2.24, 2.45) is 0 Å². The van der Waals surface area contributed by atoms with E-state index in [9.17, 15) is 18.0 Å². The lowest BCUT2D eigenvalue weighted by Crippen LogP contribution is -2.52. The van der Waals surface area contributed by atoms with E-state index in [0.29, 0.717) is 27.9 Å². The van der Waals surface area contributed by atoms with Crippen molar-refractivity contribution in [2.75, 3.05) is 24.5 Å². The first kappa shape index (κ1) is 32.2. The van der Waals surface area contributed by atoms with Crippen LogP contribution >= 0.6 is 23.2 Å². The van der Waals surface area contributed by atoms with E-state index in [1.165, 1.54) is 30.2 Å². The number of hydrogen-bond acceptors (Lipinski definition) is 5. The van der Waals surface area contributed by atoms with Crippen LogP contribution in [0.15, 0.2) is 77.7 Å². The molecule has 2 amide bonds. The zero-order valence-electron chi connectivity index (χ0n) is 23.3. The Bertz CT molecular complexity index is 1420. The molecular formula is C30H35Cl2N3O5S. The van der Waals surface area contributed by atoms with E-state index >= 15 is 0 Å². The van der Waals surface area contributed by atoms with Crippen molar-refractivity contribution in [3.63, 3.8) is 0 Å². The van der Waals surface area contributed by atoms with Crippen LogP contribution in [0, 0.1) is 0 Å². The summed E-state index contributed by atoms with van der Waals surface area (Å²) >= 11 is 12.9. The molecule has 0 saturated carbocycles. The minimum Gasteiger partial charge on any atom is -0.497 e. The molecule has 0 spiro atoms. The summed E-state index contributed by atoms with van der Waals surface area (Å²) in [6.07, 6.45) is 1.96. The Kier molecular flexibility index (Phi) is 11.9. The fourth-order valence-corrected chi connectivity index (χ4v) is 6.24. The smallest absolute Gasteiger partial charge is 0.264 e. The number of carbonyl (C=O) groups excluding carboxylic acids is 2. The third kappa shape index (κ3) is 8.15. The molecule has 0 bridgehead atoms. The molecule has 8 nitrogen and oxygen atoms in total. The van der Waals surface area contributed by atoms with Gasteiger partial charge in [0, 0.05) is 34.8 Å². The van der Waals surface area contributed by atoms with Gasteiger partial charge in [-0.2, -0.15) is 0 Å². The summed E-state index contributed by atoms with van der Waals surface area (Å²) in [6.45, 7) is 3.59. The monoisotopic (exact) mass is 619 g/mol. The fourth-order valence-electron chi connectivity index (χ4n) is 4.29. The molecule has 1 N–H and O–H groups in total. The maximum absolute atomic E-state index is 14.1. The molecule has 1 atom stereocenters. The molecule has 0 aromatic heterocycles. The van der Waals surface area contributed by atoms with Crippen molar-refractivity contribution in [1.29, 1.82) is 0 Å². The number of amides is 2. The third-order valence-electron chi connectivity index (χ3n) is 6.56. The molecule has 41 heavy (non-hydrogen) atoms. The second-order valence-corrected chi connectivity index (χ2v) is 12.0. The Hall–Kier alpha value is -3.27. The van der Waals surface area contributed by atoms with Gasteiger partial charge in [0.25, 0.3) is 10.0 Å². The van der Waals surface area contributed by atoms with E-state index in [-0.39, 0.29) is 29.5 Å². The quantitative estimate of drug-likeness (QED) is 0.226. The van der Waals surface area contributed by atoms with Gasteiger partial charge >= 0.3 is 0 Å². The van der Waals surface area contributed by atoms with Crippen LogP contribution in [0.25, 0.3) is 0 Å². The SMILES string of the molecule is CCCCNC(=O)[C@H](CC)N(Cc1c(Cl)cccc1Cl)C(=O)CN(c1cccc(OC)c1)S(=O)(=O)c1ccccc1. The Morgan fingerprint density at radius 2 is 1.61 bits per heavy atom. The number of methoxy groups -OCH3 is 1. The third-order valence-corrected chi connectivity index (χ3v) is 9.05. The summed E-state index contributed by atoms with van der Waals surface area (Å²) in [5.41, 5.74) is 0.695. The number of carbonyl (C=O) groups is 2. The Balaban J connectivity index is 2.08. The number of benzene rings is 3. The predicted octanol–water partition coefficient (Wildman–Crippen LogP) is 5.92. The number of rotatable bonds is 14. The highest BCUT2D eigenvalue weighted by molar-refractivity contribution is 7.92. The van der Waals surface area contributed by atoms with E-state index in [4.69, 9.17) is 27.9 Å². The van der Waals surface area contributed by atoms with Crippen molar-refractivity contribution in [1.82, 2.24) is 10.2 Å². The van der Waals surface area contributed by atoms with Crippen LogP contribution in [-0.2, 0) is 26.2 Å². The minimum absolute atomic E-state index is 0.0145. The van der Waals surface area contributed by atoms with Gasteiger partial charge in [-0.05, 0) is 49.2 Å². The number of sulfonamides is 1. The molecule has 11 heteroatoms. The summed E-state index contributed by atoms with van der Waals surface area (Å²) in [4.78, 5) is 28.8. The highest BCUT2D eigenvalue weighted by Crippen LogP contribution is 2.30. The molecule has 220 valence electrons.